The van der Waals surface area contributed by atoms with Crippen LogP contribution in [0.3, 0.4) is 0 Å². The first kappa shape index (κ1) is 22.3. The van der Waals surface area contributed by atoms with Crippen LogP contribution in [0.1, 0.15) is 11.3 Å². The maximum absolute atomic E-state index is 15.2. The van der Waals surface area contributed by atoms with Crippen molar-refractivity contribution in [2.24, 2.45) is 0 Å². The van der Waals surface area contributed by atoms with Crippen molar-refractivity contribution in [3.8, 4) is 17.0 Å². The van der Waals surface area contributed by atoms with E-state index < -0.39 is 0 Å². The van der Waals surface area contributed by atoms with Gasteiger partial charge in [-0.3, -0.25) is 9.48 Å². The second-order valence-electron chi connectivity index (χ2n) is 9.34. The van der Waals surface area contributed by atoms with E-state index in [2.05, 4.69) is 25.3 Å². The van der Waals surface area contributed by atoms with Crippen LogP contribution in [0.2, 0.25) is 0 Å². The van der Waals surface area contributed by atoms with E-state index in [1.54, 1.807) is 29.0 Å². The maximum atomic E-state index is 15.2. The molecule has 0 fully saturated rings. The average molecular weight is 488 g/mol. The third-order valence-electron chi connectivity index (χ3n) is 6.95. The molecule has 2 aliphatic rings. The first-order valence-electron chi connectivity index (χ1n) is 11.9. The molecule has 0 bridgehead atoms. The van der Waals surface area contributed by atoms with E-state index in [0.717, 1.165) is 40.9 Å². The van der Waals surface area contributed by atoms with Crippen molar-refractivity contribution in [2.45, 2.75) is 19.9 Å². The number of hydrogen-bond donors (Lipinski definition) is 1. The van der Waals surface area contributed by atoms with Gasteiger partial charge in [-0.2, -0.15) is 5.10 Å². The SMILES string of the molecule is Cc1c(-c2cc3cc(Nc4cc5n(n4)CC(=O)N(C)CC5)ncc3cc2F)cnc2c1N(C)CCO2. The summed E-state index contributed by atoms with van der Waals surface area (Å²) < 4.78 is 22.7. The average Bonchev–Trinajstić information content (AvgIpc) is 3.17. The second kappa shape index (κ2) is 8.47. The number of fused-ring (bicyclic) bond motifs is 3. The number of likely N-dealkylation sites (N-methyl/N-ethyl adjacent to an activating group) is 2. The third kappa shape index (κ3) is 3.78. The first-order chi connectivity index (χ1) is 17.4. The highest BCUT2D eigenvalue weighted by atomic mass is 19.1. The van der Waals surface area contributed by atoms with E-state index in [1.165, 1.54) is 6.07 Å². The molecule has 0 spiro atoms. The Kier molecular flexibility index (Phi) is 5.24. The van der Waals surface area contributed by atoms with Crippen molar-refractivity contribution < 1.29 is 13.9 Å². The molecule has 36 heavy (non-hydrogen) atoms. The number of carbonyl (C=O) groups is 1. The Hall–Kier alpha value is -4.21. The molecule has 1 amide bonds. The molecule has 9 nitrogen and oxygen atoms in total. The second-order valence-corrected chi connectivity index (χ2v) is 9.34. The molecule has 0 saturated carbocycles. The topological polar surface area (TPSA) is 88.4 Å². The fourth-order valence-electron chi connectivity index (χ4n) is 4.87. The molecule has 6 rings (SSSR count). The summed E-state index contributed by atoms with van der Waals surface area (Å²) >= 11 is 0. The van der Waals surface area contributed by atoms with E-state index in [9.17, 15) is 4.79 Å². The molecular weight excluding hydrogens is 461 g/mol. The minimum Gasteiger partial charge on any atom is -0.474 e. The molecule has 0 radical (unpaired) electrons. The summed E-state index contributed by atoms with van der Waals surface area (Å²) in [5.74, 6) is 1.49. The largest absolute Gasteiger partial charge is 0.474 e. The van der Waals surface area contributed by atoms with Crippen LogP contribution in [-0.2, 0) is 17.8 Å². The summed E-state index contributed by atoms with van der Waals surface area (Å²) in [6, 6.07) is 7.14. The van der Waals surface area contributed by atoms with Crippen LogP contribution in [0, 0.1) is 12.7 Å². The van der Waals surface area contributed by atoms with Gasteiger partial charge in [0, 0.05) is 67.7 Å². The minimum absolute atomic E-state index is 0.0338. The monoisotopic (exact) mass is 487 g/mol. The minimum atomic E-state index is -0.332. The number of hydrogen-bond acceptors (Lipinski definition) is 7. The van der Waals surface area contributed by atoms with Gasteiger partial charge >= 0.3 is 0 Å². The van der Waals surface area contributed by atoms with Gasteiger partial charge in [-0.25, -0.2) is 14.4 Å². The molecule has 10 heteroatoms. The molecule has 0 unspecified atom stereocenters. The zero-order valence-electron chi connectivity index (χ0n) is 20.4. The fourth-order valence-corrected chi connectivity index (χ4v) is 4.87. The molecule has 5 heterocycles. The van der Waals surface area contributed by atoms with Gasteiger partial charge in [0.15, 0.2) is 5.82 Å². The highest BCUT2D eigenvalue weighted by Gasteiger charge is 2.23. The number of ether oxygens (including phenoxy) is 1. The summed E-state index contributed by atoms with van der Waals surface area (Å²) in [7, 11) is 3.79. The Morgan fingerprint density at radius 1 is 0.972 bits per heavy atom. The molecule has 4 aromatic rings. The number of anilines is 3. The summed E-state index contributed by atoms with van der Waals surface area (Å²) in [6.07, 6.45) is 4.05. The van der Waals surface area contributed by atoms with Gasteiger partial charge in [0.1, 0.15) is 30.5 Å². The Balaban J connectivity index is 1.34. The summed E-state index contributed by atoms with van der Waals surface area (Å²) in [5.41, 5.74) is 4.00. The number of carbonyl (C=O) groups excluding carboxylic acids is 1. The predicted octanol–water partition coefficient (Wildman–Crippen LogP) is 3.53. The Labute approximate surface area is 207 Å². The number of nitrogens with one attached hydrogen (secondary N) is 1. The summed E-state index contributed by atoms with van der Waals surface area (Å²) in [4.78, 5) is 24.9. The van der Waals surface area contributed by atoms with E-state index in [-0.39, 0.29) is 18.3 Å². The normalized spacial score (nSPS) is 15.4. The van der Waals surface area contributed by atoms with Crippen LogP contribution >= 0.6 is 0 Å². The van der Waals surface area contributed by atoms with Crippen LogP contribution in [0.15, 0.2) is 36.7 Å². The van der Waals surface area contributed by atoms with E-state index >= 15 is 4.39 Å². The van der Waals surface area contributed by atoms with Gasteiger partial charge in [-0.05, 0) is 36.1 Å². The molecular formula is C26H26FN7O2. The number of aromatic nitrogens is 4. The summed E-state index contributed by atoms with van der Waals surface area (Å²) in [5, 5.41) is 9.31. The third-order valence-corrected chi connectivity index (χ3v) is 6.95. The summed E-state index contributed by atoms with van der Waals surface area (Å²) in [6.45, 7) is 4.17. The maximum Gasteiger partial charge on any atom is 0.244 e. The fraction of sp³-hybridized carbons (Fsp3) is 0.308. The lowest BCUT2D eigenvalue weighted by molar-refractivity contribution is -0.130. The van der Waals surface area contributed by atoms with E-state index in [1.807, 2.05) is 32.2 Å². The first-order valence-corrected chi connectivity index (χ1v) is 11.9. The van der Waals surface area contributed by atoms with Crippen LogP contribution in [0.5, 0.6) is 5.88 Å². The van der Waals surface area contributed by atoms with Gasteiger partial charge in [0.2, 0.25) is 11.8 Å². The number of rotatable bonds is 3. The van der Waals surface area contributed by atoms with Crippen molar-refractivity contribution in [1.29, 1.82) is 0 Å². The van der Waals surface area contributed by atoms with Crippen molar-refractivity contribution in [3.05, 3.63) is 53.7 Å². The molecule has 3 aromatic heterocycles. The quantitative estimate of drug-likeness (QED) is 0.473. The van der Waals surface area contributed by atoms with Crippen LogP contribution < -0.4 is 15.0 Å². The Morgan fingerprint density at radius 3 is 2.69 bits per heavy atom. The van der Waals surface area contributed by atoms with Gasteiger partial charge in [-0.15, -0.1) is 0 Å². The van der Waals surface area contributed by atoms with Crippen molar-refractivity contribution in [2.75, 3.05) is 44.0 Å². The van der Waals surface area contributed by atoms with Gasteiger partial charge in [0.25, 0.3) is 0 Å². The zero-order chi connectivity index (χ0) is 25.0. The highest BCUT2D eigenvalue weighted by Crippen LogP contribution is 2.39. The van der Waals surface area contributed by atoms with E-state index in [4.69, 9.17) is 4.74 Å². The number of amides is 1. The molecule has 1 N–H and O–H groups in total. The number of pyridine rings is 2. The lowest BCUT2D eigenvalue weighted by Crippen LogP contribution is -2.30. The molecule has 0 aliphatic carbocycles. The number of halogens is 1. The molecule has 0 atom stereocenters. The molecule has 1 aromatic carbocycles. The van der Waals surface area contributed by atoms with Crippen molar-refractivity contribution in [1.82, 2.24) is 24.6 Å². The zero-order valence-corrected chi connectivity index (χ0v) is 20.4. The number of nitrogens with zero attached hydrogens (tertiary/aromatic N) is 6. The molecule has 0 saturated heterocycles. The van der Waals surface area contributed by atoms with Crippen molar-refractivity contribution >= 4 is 34.0 Å². The lowest BCUT2D eigenvalue weighted by Gasteiger charge is -2.29. The Bertz CT molecular complexity index is 1520. The van der Waals surface area contributed by atoms with Crippen LogP contribution in [0.25, 0.3) is 21.9 Å². The van der Waals surface area contributed by atoms with Crippen LogP contribution in [0.4, 0.5) is 21.7 Å². The Morgan fingerprint density at radius 2 is 1.83 bits per heavy atom. The van der Waals surface area contributed by atoms with Crippen molar-refractivity contribution in [3.63, 3.8) is 0 Å². The molecule has 2 aliphatic heterocycles. The number of benzene rings is 1. The standard InChI is InChI=1S/C26H26FN7O2/c1-15-20(13-29-26-25(15)33(3)6-7-36-26)19-8-16-10-22(28-12-17(16)9-21(19)27)30-23-11-18-4-5-32(2)24(35)14-34(18)31-23/h8-13H,4-7,14H2,1-3H3,(H,28,30,31). The predicted molar refractivity (Wildman–Crippen MR) is 135 cm³/mol. The van der Waals surface area contributed by atoms with Gasteiger partial charge in [0.05, 0.1) is 6.54 Å². The van der Waals surface area contributed by atoms with Gasteiger partial charge in [-0.1, -0.05) is 0 Å². The lowest BCUT2D eigenvalue weighted by atomic mass is 9.98. The van der Waals surface area contributed by atoms with Crippen LogP contribution in [-0.4, -0.2) is 64.3 Å². The highest BCUT2D eigenvalue weighted by molar-refractivity contribution is 5.90. The molecule has 184 valence electrons. The van der Waals surface area contributed by atoms with Gasteiger partial charge < -0.3 is 19.9 Å². The van der Waals surface area contributed by atoms with E-state index in [0.29, 0.717) is 41.6 Å². The smallest absolute Gasteiger partial charge is 0.244 e.